The molecule has 35 heavy (non-hydrogen) atoms. The first-order valence-electron chi connectivity index (χ1n) is 11.7. The Morgan fingerprint density at radius 3 is 2.63 bits per heavy atom. The van der Waals surface area contributed by atoms with Gasteiger partial charge in [-0.2, -0.15) is 5.10 Å². The Labute approximate surface area is 202 Å². The van der Waals surface area contributed by atoms with Crippen LogP contribution in [-0.4, -0.2) is 74.1 Å². The Morgan fingerprint density at radius 1 is 1.14 bits per heavy atom. The van der Waals surface area contributed by atoms with Gasteiger partial charge in [0.25, 0.3) is 5.91 Å². The Kier molecular flexibility index (Phi) is 6.10. The number of ether oxygens (including phenoxy) is 2. The summed E-state index contributed by atoms with van der Waals surface area (Å²) in [5.41, 5.74) is 3.65. The molecule has 10 nitrogen and oxygen atoms in total. The lowest BCUT2D eigenvalue weighted by molar-refractivity contribution is -0.150. The maximum absolute atomic E-state index is 13.2. The SMILES string of the molecule is Cc1cc2ncc(C(=O)N3CCC(N4C(=O)OCC4C(=O)OCc4ccccc4)CC3)c(C)n2n1. The van der Waals surface area contributed by atoms with Gasteiger partial charge < -0.3 is 14.4 Å². The van der Waals surface area contributed by atoms with E-state index in [0.29, 0.717) is 37.1 Å². The van der Waals surface area contributed by atoms with E-state index in [1.165, 1.54) is 4.90 Å². The molecule has 0 N–H and O–H groups in total. The zero-order valence-corrected chi connectivity index (χ0v) is 19.7. The van der Waals surface area contributed by atoms with Crippen LogP contribution in [0.15, 0.2) is 42.6 Å². The number of amides is 2. The third-order valence-corrected chi connectivity index (χ3v) is 6.63. The summed E-state index contributed by atoms with van der Waals surface area (Å²) in [6, 6.07) is 10.3. The summed E-state index contributed by atoms with van der Waals surface area (Å²) in [6.45, 7) is 4.75. The molecule has 2 aromatic heterocycles. The number of aromatic nitrogens is 3. The van der Waals surface area contributed by atoms with E-state index in [4.69, 9.17) is 9.47 Å². The number of piperidine rings is 1. The molecule has 2 amide bonds. The van der Waals surface area contributed by atoms with Crippen molar-refractivity contribution in [3.05, 3.63) is 65.1 Å². The van der Waals surface area contributed by atoms with Crippen molar-refractivity contribution < 1.29 is 23.9 Å². The molecule has 2 aliphatic rings. The highest BCUT2D eigenvalue weighted by Gasteiger charge is 2.44. The lowest BCUT2D eigenvalue weighted by Gasteiger charge is -2.37. The summed E-state index contributed by atoms with van der Waals surface area (Å²) in [5.74, 6) is -0.603. The van der Waals surface area contributed by atoms with Crippen LogP contribution in [0.3, 0.4) is 0 Å². The molecule has 2 saturated heterocycles. The van der Waals surface area contributed by atoms with Gasteiger partial charge in [-0.15, -0.1) is 0 Å². The fourth-order valence-electron chi connectivity index (χ4n) is 4.73. The van der Waals surface area contributed by atoms with Gasteiger partial charge in [0.05, 0.1) is 17.0 Å². The average Bonchev–Trinajstić information content (AvgIpc) is 3.45. The first kappa shape index (κ1) is 22.8. The lowest BCUT2D eigenvalue weighted by Crippen LogP contribution is -2.52. The highest BCUT2D eigenvalue weighted by Crippen LogP contribution is 2.26. The van der Waals surface area contributed by atoms with Crippen molar-refractivity contribution in [1.82, 2.24) is 24.4 Å². The number of rotatable bonds is 5. The second-order valence-corrected chi connectivity index (χ2v) is 8.93. The number of hydrogen-bond donors (Lipinski definition) is 0. The first-order valence-corrected chi connectivity index (χ1v) is 11.7. The predicted molar refractivity (Wildman–Crippen MR) is 125 cm³/mol. The topological polar surface area (TPSA) is 106 Å². The molecule has 3 aromatic rings. The van der Waals surface area contributed by atoms with Gasteiger partial charge in [-0.25, -0.2) is 19.1 Å². The largest absolute Gasteiger partial charge is 0.459 e. The molecule has 1 atom stereocenters. The summed E-state index contributed by atoms with van der Waals surface area (Å²) in [4.78, 5) is 46.0. The summed E-state index contributed by atoms with van der Waals surface area (Å²) in [7, 11) is 0. The van der Waals surface area contributed by atoms with E-state index in [1.54, 1.807) is 15.6 Å². The number of nitrogens with zero attached hydrogens (tertiary/aromatic N) is 5. The first-order chi connectivity index (χ1) is 16.9. The van der Waals surface area contributed by atoms with Crippen LogP contribution in [0.2, 0.25) is 0 Å². The van der Waals surface area contributed by atoms with Crippen LogP contribution in [-0.2, 0) is 20.9 Å². The van der Waals surface area contributed by atoms with Crippen molar-refractivity contribution in [3.63, 3.8) is 0 Å². The number of hydrogen-bond acceptors (Lipinski definition) is 7. The number of fused-ring (bicyclic) bond motifs is 1. The van der Waals surface area contributed by atoms with Crippen LogP contribution in [0, 0.1) is 13.8 Å². The second-order valence-electron chi connectivity index (χ2n) is 8.93. The summed E-state index contributed by atoms with van der Waals surface area (Å²) in [5, 5.41) is 4.41. The van der Waals surface area contributed by atoms with E-state index in [1.807, 2.05) is 50.2 Å². The van der Waals surface area contributed by atoms with Gasteiger partial charge in [0, 0.05) is 31.4 Å². The minimum Gasteiger partial charge on any atom is -0.459 e. The number of aryl methyl sites for hydroxylation is 2. The third-order valence-electron chi connectivity index (χ3n) is 6.63. The van der Waals surface area contributed by atoms with Crippen molar-refractivity contribution in [2.45, 2.75) is 45.4 Å². The van der Waals surface area contributed by atoms with Crippen LogP contribution in [0.5, 0.6) is 0 Å². The zero-order valence-electron chi connectivity index (χ0n) is 19.7. The van der Waals surface area contributed by atoms with Gasteiger partial charge >= 0.3 is 12.1 Å². The van der Waals surface area contributed by atoms with Gasteiger partial charge in [-0.1, -0.05) is 30.3 Å². The minimum atomic E-state index is -0.782. The molecule has 0 aliphatic carbocycles. The Hall–Kier alpha value is -3.95. The van der Waals surface area contributed by atoms with Crippen LogP contribution >= 0.6 is 0 Å². The number of carbonyl (C=O) groups excluding carboxylic acids is 3. The standard InChI is InChI=1S/C25H27N5O5/c1-16-12-22-26-13-20(17(2)30(22)27-16)23(31)28-10-8-19(9-11-28)29-21(15-35-25(29)33)24(32)34-14-18-6-4-3-5-7-18/h3-7,12-13,19,21H,8-11,14-15H2,1-2H3. The van der Waals surface area contributed by atoms with E-state index in [0.717, 1.165) is 17.0 Å². The molecule has 2 fully saturated rings. The molecule has 4 heterocycles. The molecular formula is C25H27N5O5. The normalized spacial score (nSPS) is 18.7. The molecule has 0 radical (unpaired) electrons. The second kappa shape index (κ2) is 9.36. The summed E-state index contributed by atoms with van der Waals surface area (Å²) in [6.07, 6.45) is 2.16. The van der Waals surface area contributed by atoms with E-state index in [9.17, 15) is 14.4 Å². The van der Waals surface area contributed by atoms with E-state index >= 15 is 0 Å². The van der Waals surface area contributed by atoms with Gasteiger partial charge in [-0.3, -0.25) is 9.69 Å². The van der Waals surface area contributed by atoms with Crippen LogP contribution in [0.25, 0.3) is 5.65 Å². The maximum atomic E-state index is 13.2. The highest BCUT2D eigenvalue weighted by molar-refractivity contribution is 5.95. The Balaban J connectivity index is 1.22. The molecule has 0 spiro atoms. The van der Waals surface area contributed by atoms with Gasteiger partial charge in [0.15, 0.2) is 11.7 Å². The van der Waals surface area contributed by atoms with E-state index < -0.39 is 18.1 Å². The van der Waals surface area contributed by atoms with Gasteiger partial charge in [0.2, 0.25) is 0 Å². The monoisotopic (exact) mass is 477 g/mol. The smallest absolute Gasteiger partial charge is 0.410 e. The van der Waals surface area contributed by atoms with Crippen LogP contribution in [0.1, 0.15) is 40.2 Å². The number of esters is 1. The Bertz CT molecular complexity index is 1270. The quantitative estimate of drug-likeness (QED) is 0.520. The number of cyclic esters (lactones) is 1. The fraction of sp³-hybridized carbons (Fsp3) is 0.400. The molecule has 2 aliphatic heterocycles. The summed E-state index contributed by atoms with van der Waals surface area (Å²) >= 11 is 0. The molecular weight excluding hydrogens is 450 g/mol. The lowest BCUT2D eigenvalue weighted by atomic mass is 10.0. The van der Waals surface area contributed by atoms with Gasteiger partial charge in [-0.05, 0) is 32.3 Å². The summed E-state index contributed by atoms with van der Waals surface area (Å²) < 4.78 is 12.3. The number of carbonyl (C=O) groups is 3. The fourth-order valence-corrected chi connectivity index (χ4v) is 4.73. The molecule has 10 heteroatoms. The molecule has 5 rings (SSSR count). The molecule has 182 valence electrons. The van der Waals surface area contributed by atoms with Crippen molar-refractivity contribution in [2.75, 3.05) is 19.7 Å². The zero-order chi connectivity index (χ0) is 24.5. The van der Waals surface area contributed by atoms with E-state index in [2.05, 4.69) is 10.1 Å². The third kappa shape index (κ3) is 4.43. The van der Waals surface area contributed by atoms with Crippen molar-refractivity contribution >= 4 is 23.6 Å². The number of benzene rings is 1. The van der Waals surface area contributed by atoms with Crippen LogP contribution < -0.4 is 0 Å². The van der Waals surface area contributed by atoms with Crippen LogP contribution in [0.4, 0.5) is 4.79 Å². The highest BCUT2D eigenvalue weighted by atomic mass is 16.6. The van der Waals surface area contributed by atoms with Crippen molar-refractivity contribution in [1.29, 1.82) is 0 Å². The van der Waals surface area contributed by atoms with Gasteiger partial charge in [0.1, 0.15) is 13.2 Å². The maximum Gasteiger partial charge on any atom is 0.410 e. The molecule has 1 unspecified atom stereocenters. The van der Waals surface area contributed by atoms with Crippen molar-refractivity contribution in [3.8, 4) is 0 Å². The number of likely N-dealkylation sites (tertiary alicyclic amines) is 1. The van der Waals surface area contributed by atoms with Crippen molar-refractivity contribution in [2.24, 2.45) is 0 Å². The molecule has 0 bridgehead atoms. The van der Waals surface area contributed by atoms with E-state index in [-0.39, 0.29) is 25.2 Å². The minimum absolute atomic E-state index is 0.0280. The predicted octanol–water partition coefficient (Wildman–Crippen LogP) is 2.51. The Morgan fingerprint density at radius 2 is 1.89 bits per heavy atom. The average molecular weight is 478 g/mol. The molecule has 1 aromatic carbocycles. The molecule has 0 saturated carbocycles.